The van der Waals surface area contributed by atoms with Gasteiger partial charge in [-0.2, -0.15) is 0 Å². The van der Waals surface area contributed by atoms with Gasteiger partial charge in [-0.15, -0.1) is 6.58 Å². The fraction of sp³-hybridized carbons (Fsp3) is 0.444. The van der Waals surface area contributed by atoms with Crippen molar-refractivity contribution in [1.82, 2.24) is 9.62 Å². The van der Waals surface area contributed by atoms with Gasteiger partial charge >= 0.3 is 5.97 Å². The van der Waals surface area contributed by atoms with Crippen molar-refractivity contribution in [3.8, 4) is 0 Å². The van der Waals surface area contributed by atoms with Gasteiger partial charge < -0.3 is 10.0 Å². The minimum Gasteiger partial charge on any atom is -0.481 e. The van der Waals surface area contributed by atoms with Crippen LogP contribution in [0.1, 0.15) is 36.0 Å². The van der Waals surface area contributed by atoms with E-state index in [-0.39, 0.29) is 29.7 Å². The Kier molecular flexibility index (Phi) is 6.93. The van der Waals surface area contributed by atoms with Crippen LogP contribution >= 0.6 is 0 Å². The molecule has 1 saturated heterocycles. The van der Waals surface area contributed by atoms with Crippen LogP contribution in [0.15, 0.2) is 41.8 Å². The van der Waals surface area contributed by atoms with E-state index in [2.05, 4.69) is 11.3 Å². The molecule has 1 unspecified atom stereocenters. The van der Waals surface area contributed by atoms with Crippen LogP contribution < -0.4 is 4.72 Å². The van der Waals surface area contributed by atoms with Crippen molar-refractivity contribution in [2.24, 2.45) is 5.92 Å². The van der Waals surface area contributed by atoms with Gasteiger partial charge in [0.1, 0.15) is 0 Å². The number of sulfonamides is 1. The van der Waals surface area contributed by atoms with Crippen LogP contribution in [0.25, 0.3) is 0 Å². The fourth-order valence-corrected chi connectivity index (χ4v) is 4.09. The SMILES string of the molecule is C=CCNS(=O)(=O)c1cccc(C(=O)N2CCCC(CCC(=O)O)C2)c1. The molecule has 1 heterocycles. The average molecular weight is 380 g/mol. The summed E-state index contributed by atoms with van der Waals surface area (Å²) in [5.74, 6) is -0.908. The van der Waals surface area contributed by atoms with Crippen molar-refractivity contribution in [3.63, 3.8) is 0 Å². The van der Waals surface area contributed by atoms with Crippen LogP contribution in [0.2, 0.25) is 0 Å². The fourth-order valence-electron chi connectivity index (χ4n) is 3.04. The Morgan fingerprint density at radius 2 is 2.15 bits per heavy atom. The summed E-state index contributed by atoms with van der Waals surface area (Å²) in [6.45, 7) is 4.67. The number of carbonyl (C=O) groups excluding carboxylic acids is 1. The van der Waals surface area contributed by atoms with E-state index in [4.69, 9.17) is 5.11 Å². The molecule has 1 aromatic carbocycles. The Morgan fingerprint density at radius 3 is 2.85 bits per heavy atom. The number of piperidine rings is 1. The second-order valence-electron chi connectivity index (χ2n) is 6.36. The molecule has 0 saturated carbocycles. The second kappa shape index (κ2) is 8.95. The van der Waals surface area contributed by atoms with Gasteiger partial charge in [-0.3, -0.25) is 9.59 Å². The molecule has 7 nitrogen and oxygen atoms in total. The van der Waals surface area contributed by atoms with Crippen molar-refractivity contribution >= 4 is 21.9 Å². The quantitative estimate of drug-likeness (QED) is 0.670. The summed E-state index contributed by atoms with van der Waals surface area (Å²) in [6.07, 6.45) is 3.79. The molecule has 0 bridgehead atoms. The summed E-state index contributed by atoms with van der Waals surface area (Å²) in [7, 11) is -3.70. The molecule has 2 N–H and O–H groups in total. The molecule has 1 fully saturated rings. The van der Waals surface area contributed by atoms with Crippen LogP contribution in [0.5, 0.6) is 0 Å². The lowest BCUT2D eigenvalue weighted by Gasteiger charge is -2.32. The Balaban J connectivity index is 2.10. The number of carboxylic acids is 1. The zero-order chi connectivity index (χ0) is 19.2. The Bertz CT molecular complexity index is 776. The van der Waals surface area contributed by atoms with Crippen molar-refractivity contribution in [3.05, 3.63) is 42.5 Å². The standard InChI is InChI=1S/C18H24N2O5S/c1-2-10-19-26(24,25)16-7-3-6-15(12-16)18(23)20-11-4-5-14(13-20)8-9-17(21)22/h2-3,6-7,12,14,19H,1,4-5,8-11,13H2,(H,21,22). The maximum Gasteiger partial charge on any atom is 0.303 e. The van der Waals surface area contributed by atoms with E-state index in [1.807, 2.05) is 0 Å². The minimum absolute atomic E-state index is 0.0321. The van der Waals surface area contributed by atoms with Crippen LogP contribution in [0.4, 0.5) is 0 Å². The lowest BCUT2D eigenvalue weighted by Crippen LogP contribution is -2.40. The molecule has 0 aliphatic carbocycles. The van der Waals surface area contributed by atoms with Gasteiger partial charge in [0.05, 0.1) is 4.90 Å². The Morgan fingerprint density at radius 1 is 1.38 bits per heavy atom. The smallest absolute Gasteiger partial charge is 0.303 e. The number of amides is 1. The molecule has 1 aromatic rings. The maximum atomic E-state index is 12.8. The van der Waals surface area contributed by atoms with Crippen molar-refractivity contribution < 1.29 is 23.1 Å². The van der Waals surface area contributed by atoms with E-state index >= 15 is 0 Å². The minimum atomic E-state index is -3.70. The molecule has 1 aliphatic heterocycles. The van der Waals surface area contributed by atoms with Gasteiger partial charge in [0.15, 0.2) is 0 Å². The molecule has 26 heavy (non-hydrogen) atoms. The van der Waals surface area contributed by atoms with Crippen molar-refractivity contribution in [2.75, 3.05) is 19.6 Å². The number of aliphatic carboxylic acids is 1. The number of hydrogen-bond acceptors (Lipinski definition) is 4. The third kappa shape index (κ3) is 5.40. The third-order valence-electron chi connectivity index (χ3n) is 4.38. The number of nitrogens with zero attached hydrogens (tertiary/aromatic N) is 1. The molecular formula is C18H24N2O5S. The summed E-state index contributed by atoms with van der Waals surface area (Å²) < 4.78 is 26.8. The highest BCUT2D eigenvalue weighted by molar-refractivity contribution is 7.89. The number of carbonyl (C=O) groups is 2. The maximum absolute atomic E-state index is 12.8. The lowest BCUT2D eigenvalue weighted by atomic mass is 9.93. The van der Waals surface area contributed by atoms with E-state index in [0.29, 0.717) is 25.1 Å². The summed E-state index contributed by atoms with van der Waals surface area (Å²) in [4.78, 5) is 25.2. The predicted molar refractivity (Wildman–Crippen MR) is 97.3 cm³/mol. The lowest BCUT2D eigenvalue weighted by molar-refractivity contribution is -0.137. The van der Waals surface area contributed by atoms with E-state index in [1.54, 1.807) is 17.0 Å². The molecule has 0 aromatic heterocycles. The second-order valence-corrected chi connectivity index (χ2v) is 8.13. The third-order valence-corrected chi connectivity index (χ3v) is 5.80. The Labute approximate surface area is 153 Å². The average Bonchev–Trinajstić information content (AvgIpc) is 2.64. The normalized spacial score (nSPS) is 17.7. The molecule has 0 spiro atoms. The largest absolute Gasteiger partial charge is 0.481 e. The van der Waals surface area contributed by atoms with E-state index < -0.39 is 16.0 Å². The summed E-state index contributed by atoms with van der Waals surface area (Å²) in [5.41, 5.74) is 0.311. The number of benzene rings is 1. The van der Waals surface area contributed by atoms with E-state index in [9.17, 15) is 18.0 Å². The number of rotatable bonds is 8. The monoisotopic (exact) mass is 380 g/mol. The highest BCUT2D eigenvalue weighted by Crippen LogP contribution is 2.23. The molecule has 1 aliphatic rings. The Hall–Kier alpha value is -2.19. The molecule has 0 radical (unpaired) electrons. The summed E-state index contributed by atoms with van der Waals surface area (Å²) in [5, 5.41) is 8.82. The van der Waals surface area contributed by atoms with Gasteiger partial charge in [0.2, 0.25) is 10.0 Å². The summed E-state index contributed by atoms with van der Waals surface area (Å²) in [6, 6.07) is 5.94. The van der Waals surface area contributed by atoms with Crippen molar-refractivity contribution in [1.29, 1.82) is 0 Å². The number of carboxylic acid groups (broad SMARTS) is 1. The highest BCUT2D eigenvalue weighted by atomic mass is 32.2. The van der Waals surface area contributed by atoms with Gasteiger partial charge in [-0.05, 0) is 43.4 Å². The topological polar surface area (TPSA) is 104 Å². The summed E-state index contributed by atoms with van der Waals surface area (Å²) >= 11 is 0. The van der Waals surface area contributed by atoms with Gasteiger partial charge in [0, 0.05) is 31.6 Å². The van der Waals surface area contributed by atoms with E-state index in [1.165, 1.54) is 18.2 Å². The highest BCUT2D eigenvalue weighted by Gasteiger charge is 2.25. The zero-order valence-electron chi connectivity index (χ0n) is 14.6. The molecule has 142 valence electrons. The first-order chi connectivity index (χ1) is 12.3. The first kappa shape index (κ1) is 20.1. The zero-order valence-corrected chi connectivity index (χ0v) is 15.4. The first-order valence-electron chi connectivity index (χ1n) is 8.55. The van der Waals surface area contributed by atoms with Crippen LogP contribution in [0.3, 0.4) is 0 Å². The predicted octanol–water partition coefficient (Wildman–Crippen LogP) is 1.87. The van der Waals surface area contributed by atoms with Crippen LogP contribution in [-0.2, 0) is 14.8 Å². The molecule has 1 amide bonds. The van der Waals surface area contributed by atoms with Gasteiger partial charge in [-0.25, -0.2) is 13.1 Å². The van der Waals surface area contributed by atoms with Crippen LogP contribution in [-0.4, -0.2) is 49.9 Å². The van der Waals surface area contributed by atoms with Gasteiger partial charge in [-0.1, -0.05) is 12.1 Å². The number of likely N-dealkylation sites (tertiary alicyclic amines) is 1. The molecule has 2 rings (SSSR count). The molecular weight excluding hydrogens is 356 g/mol. The molecule has 1 atom stereocenters. The number of hydrogen-bond donors (Lipinski definition) is 2. The molecule has 8 heteroatoms. The van der Waals surface area contributed by atoms with Crippen molar-refractivity contribution in [2.45, 2.75) is 30.6 Å². The first-order valence-corrected chi connectivity index (χ1v) is 10.0. The number of nitrogens with one attached hydrogen (secondary N) is 1. The van der Waals surface area contributed by atoms with E-state index in [0.717, 1.165) is 12.8 Å². The van der Waals surface area contributed by atoms with Gasteiger partial charge in [0.25, 0.3) is 5.91 Å². The van der Waals surface area contributed by atoms with Crippen LogP contribution in [0, 0.1) is 5.92 Å².